The van der Waals surface area contributed by atoms with Gasteiger partial charge < -0.3 is 10.0 Å². The van der Waals surface area contributed by atoms with Gasteiger partial charge in [0.2, 0.25) is 0 Å². The van der Waals surface area contributed by atoms with Gasteiger partial charge in [0.25, 0.3) is 5.91 Å². The molecule has 3 nitrogen and oxygen atoms in total. The standard InChI is InChI=1S/C21H23NO2/c1-13-12-22-19(23)21(24,18-11-10-16(13)20(18,22)2)17-9-5-7-14-6-3-4-8-15(14)17/h3-9,13,16,18,24H,10-12H2,1-2H3/t13-,16+,18+,20-,21+/m1/s1. The Balaban J connectivity index is 1.75. The molecule has 124 valence electrons. The van der Waals surface area contributed by atoms with Crippen molar-refractivity contribution >= 4 is 16.7 Å². The number of rotatable bonds is 1. The molecule has 1 saturated carbocycles. The van der Waals surface area contributed by atoms with Crippen molar-refractivity contribution < 1.29 is 9.90 Å². The van der Waals surface area contributed by atoms with Crippen LogP contribution in [-0.2, 0) is 10.4 Å². The molecule has 5 rings (SSSR count). The number of hydrogen-bond acceptors (Lipinski definition) is 2. The third-order valence-corrected chi connectivity index (χ3v) is 7.24. The summed E-state index contributed by atoms with van der Waals surface area (Å²) in [5, 5.41) is 13.9. The zero-order chi connectivity index (χ0) is 16.7. The second-order valence-corrected chi connectivity index (χ2v) is 8.15. The minimum atomic E-state index is -1.38. The summed E-state index contributed by atoms with van der Waals surface area (Å²) >= 11 is 0. The number of aliphatic hydroxyl groups is 1. The van der Waals surface area contributed by atoms with Crippen molar-refractivity contribution in [3.8, 4) is 0 Å². The molecule has 0 aromatic heterocycles. The van der Waals surface area contributed by atoms with Gasteiger partial charge in [-0.2, -0.15) is 0 Å². The zero-order valence-corrected chi connectivity index (χ0v) is 14.2. The first-order chi connectivity index (χ1) is 11.5. The van der Waals surface area contributed by atoms with Crippen LogP contribution in [0.5, 0.6) is 0 Å². The van der Waals surface area contributed by atoms with Gasteiger partial charge in [-0.3, -0.25) is 4.79 Å². The van der Waals surface area contributed by atoms with Gasteiger partial charge in [0.15, 0.2) is 5.60 Å². The minimum Gasteiger partial charge on any atom is -0.375 e. The maximum atomic E-state index is 13.4. The number of benzene rings is 2. The van der Waals surface area contributed by atoms with Crippen LogP contribution in [0.1, 0.15) is 32.3 Å². The van der Waals surface area contributed by atoms with E-state index in [4.69, 9.17) is 0 Å². The van der Waals surface area contributed by atoms with Crippen LogP contribution in [0.2, 0.25) is 0 Å². The van der Waals surface area contributed by atoms with Gasteiger partial charge in [-0.25, -0.2) is 0 Å². The van der Waals surface area contributed by atoms with Crippen LogP contribution in [-0.4, -0.2) is 28.0 Å². The molecule has 3 fully saturated rings. The Bertz CT molecular complexity index is 857. The third-order valence-electron chi connectivity index (χ3n) is 7.24. The van der Waals surface area contributed by atoms with E-state index in [-0.39, 0.29) is 17.4 Å². The van der Waals surface area contributed by atoms with Crippen molar-refractivity contribution in [2.45, 2.75) is 37.8 Å². The largest absolute Gasteiger partial charge is 0.375 e. The summed E-state index contributed by atoms with van der Waals surface area (Å²) in [6.07, 6.45) is 2.03. The molecule has 3 aliphatic rings. The molecule has 5 atom stereocenters. The van der Waals surface area contributed by atoms with Crippen LogP contribution >= 0.6 is 0 Å². The molecule has 2 aliphatic heterocycles. The van der Waals surface area contributed by atoms with Gasteiger partial charge in [0, 0.05) is 23.6 Å². The Labute approximate surface area is 142 Å². The lowest BCUT2D eigenvalue weighted by Gasteiger charge is -2.34. The smallest absolute Gasteiger partial charge is 0.260 e. The van der Waals surface area contributed by atoms with Crippen LogP contribution in [0.15, 0.2) is 42.5 Å². The summed E-state index contributed by atoms with van der Waals surface area (Å²) < 4.78 is 0. The van der Waals surface area contributed by atoms with Crippen LogP contribution in [0.3, 0.4) is 0 Å². The number of carbonyl (C=O) groups is 1. The highest BCUT2D eigenvalue weighted by Crippen LogP contribution is 2.63. The molecule has 1 N–H and O–H groups in total. The quantitative estimate of drug-likeness (QED) is 0.875. The molecule has 2 aromatic rings. The topological polar surface area (TPSA) is 40.5 Å². The van der Waals surface area contributed by atoms with Gasteiger partial charge in [-0.1, -0.05) is 49.4 Å². The Morgan fingerprint density at radius 1 is 1.12 bits per heavy atom. The fourth-order valence-electron chi connectivity index (χ4n) is 6.20. The second-order valence-electron chi connectivity index (χ2n) is 8.15. The van der Waals surface area contributed by atoms with Gasteiger partial charge in [0.1, 0.15) is 0 Å². The van der Waals surface area contributed by atoms with E-state index >= 15 is 0 Å². The number of amides is 1. The maximum absolute atomic E-state index is 13.4. The summed E-state index contributed by atoms with van der Waals surface area (Å²) in [6.45, 7) is 5.24. The first-order valence-corrected chi connectivity index (χ1v) is 9.01. The molecular weight excluding hydrogens is 298 g/mol. The Morgan fingerprint density at radius 2 is 1.88 bits per heavy atom. The highest BCUT2D eigenvalue weighted by atomic mass is 16.3. The zero-order valence-electron chi connectivity index (χ0n) is 14.2. The summed E-state index contributed by atoms with van der Waals surface area (Å²) in [4.78, 5) is 15.4. The molecular formula is C21H23NO2. The normalized spacial score (nSPS) is 40.5. The van der Waals surface area contributed by atoms with E-state index in [0.29, 0.717) is 11.8 Å². The van der Waals surface area contributed by atoms with E-state index in [1.807, 2.05) is 47.4 Å². The molecule has 2 aromatic carbocycles. The fraction of sp³-hybridized carbons (Fsp3) is 0.476. The number of nitrogens with zero attached hydrogens (tertiary/aromatic N) is 1. The van der Waals surface area contributed by atoms with E-state index in [1.54, 1.807) is 0 Å². The number of carbonyl (C=O) groups excluding carboxylic acids is 1. The molecule has 0 spiro atoms. The molecule has 1 aliphatic carbocycles. The summed E-state index contributed by atoms with van der Waals surface area (Å²) in [5.41, 5.74) is -0.785. The average molecular weight is 321 g/mol. The third kappa shape index (κ3) is 1.42. The van der Waals surface area contributed by atoms with Crippen LogP contribution in [0.25, 0.3) is 10.8 Å². The van der Waals surface area contributed by atoms with Crippen molar-refractivity contribution in [3.63, 3.8) is 0 Å². The van der Waals surface area contributed by atoms with E-state index in [0.717, 1.165) is 35.7 Å². The van der Waals surface area contributed by atoms with Crippen molar-refractivity contribution in [1.29, 1.82) is 0 Å². The average Bonchev–Trinajstić information content (AvgIpc) is 3.12. The van der Waals surface area contributed by atoms with Crippen LogP contribution in [0, 0.1) is 17.8 Å². The van der Waals surface area contributed by atoms with Crippen LogP contribution in [0.4, 0.5) is 0 Å². The number of hydrogen-bond donors (Lipinski definition) is 1. The lowest BCUT2D eigenvalue weighted by molar-refractivity contribution is -0.146. The molecule has 3 heteroatoms. The minimum absolute atomic E-state index is 0.0155. The van der Waals surface area contributed by atoms with E-state index in [2.05, 4.69) is 13.8 Å². The fourth-order valence-corrected chi connectivity index (χ4v) is 6.20. The van der Waals surface area contributed by atoms with Crippen molar-refractivity contribution in [2.24, 2.45) is 17.8 Å². The SMILES string of the molecule is C[C@@H]1CN2C(=O)[C@](O)(c3cccc4ccccc34)[C@H]3CC[C@@H]1[C@]32C. The molecule has 0 radical (unpaired) electrons. The summed E-state index contributed by atoms with van der Waals surface area (Å²) in [6, 6.07) is 14.0. The van der Waals surface area contributed by atoms with Crippen molar-refractivity contribution in [1.82, 2.24) is 4.90 Å². The maximum Gasteiger partial charge on any atom is 0.260 e. The molecule has 0 bridgehead atoms. The Morgan fingerprint density at radius 3 is 2.71 bits per heavy atom. The molecule has 2 saturated heterocycles. The van der Waals surface area contributed by atoms with E-state index in [9.17, 15) is 9.90 Å². The van der Waals surface area contributed by atoms with Gasteiger partial charge in [0.05, 0.1) is 0 Å². The molecule has 1 amide bonds. The van der Waals surface area contributed by atoms with Crippen LogP contribution < -0.4 is 0 Å². The molecule has 24 heavy (non-hydrogen) atoms. The lowest BCUT2D eigenvalue weighted by atomic mass is 9.72. The highest BCUT2D eigenvalue weighted by molar-refractivity contribution is 5.97. The Kier molecular flexibility index (Phi) is 2.65. The first-order valence-electron chi connectivity index (χ1n) is 9.01. The molecule has 2 heterocycles. The van der Waals surface area contributed by atoms with Gasteiger partial charge >= 0.3 is 0 Å². The van der Waals surface area contributed by atoms with E-state index in [1.165, 1.54) is 0 Å². The summed E-state index contributed by atoms with van der Waals surface area (Å²) in [7, 11) is 0. The highest BCUT2D eigenvalue weighted by Gasteiger charge is 2.72. The predicted octanol–water partition coefficient (Wildman–Crippen LogP) is 3.30. The second kappa shape index (κ2) is 4.40. The lowest BCUT2D eigenvalue weighted by Crippen LogP contribution is -2.42. The van der Waals surface area contributed by atoms with Crippen molar-refractivity contribution in [2.75, 3.05) is 6.54 Å². The van der Waals surface area contributed by atoms with E-state index < -0.39 is 5.60 Å². The number of fused-ring (bicyclic) bond motifs is 1. The van der Waals surface area contributed by atoms with Gasteiger partial charge in [-0.15, -0.1) is 0 Å². The first kappa shape index (κ1) is 14.5. The van der Waals surface area contributed by atoms with Gasteiger partial charge in [-0.05, 0) is 42.4 Å². The van der Waals surface area contributed by atoms with Crippen molar-refractivity contribution in [3.05, 3.63) is 48.0 Å². The summed E-state index contributed by atoms with van der Waals surface area (Å²) in [5.74, 6) is 0.940. The monoisotopic (exact) mass is 321 g/mol. The molecule has 0 unspecified atom stereocenters. The predicted molar refractivity (Wildman–Crippen MR) is 93.3 cm³/mol. The Hall–Kier alpha value is -1.87.